The van der Waals surface area contributed by atoms with E-state index >= 15 is 0 Å². The van der Waals surface area contributed by atoms with Crippen LogP contribution in [0.3, 0.4) is 0 Å². The van der Waals surface area contributed by atoms with Crippen molar-refractivity contribution in [3.63, 3.8) is 0 Å². The number of unbranched alkanes of at least 4 members (excludes halogenated alkanes) is 2. The predicted octanol–water partition coefficient (Wildman–Crippen LogP) is 4.71. The van der Waals surface area contributed by atoms with E-state index in [1.165, 1.54) is 0 Å². The third kappa shape index (κ3) is 6.50. The Morgan fingerprint density at radius 3 is 2.21 bits per heavy atom. The van der Waals surface area contributed by atoms with Gasteiger partial charge >= 0.3 is 0 Å². The lowest BCUT2D eigenvalue weighted by Crippen LogP contribution is -2.22. The summed E-state index contributed by atoms with van der Waals surface area (Å²) in [7, 11) is -3.46. The molecular formula is C15H22N6O2S. The minimum Gasteiger partial charge on any atom is -0.223 e. The van der Waals surface area contributed by atoms with Crippen LogP contribution in [0.4, 0.5) is 0 Å². The van der Waals surface area contributed by atoms with E-state index in [0.717, 1.165) is 18.4 Å². The van der Waals surface area contributed by atoms with Crippen LogP contribution in [0.25, 0.3) is 20.9 Å². The molecule has 0 fully saturated rings. The summed E-state index contributed by atoms with van der Waals surface area (Å²) in [5.41, 5.74) is 17.6. The van der Waals surface area contributed by atoms with Gasteiger partial charge in [0.2, 0.25) is 0 Å². The zero-order valence-corrected chi connectivity index (χ0v) is 14.6. The molecule has 1 rings (SSSR count). The third-order valence-corrected chi connectivity index (χ3v) is 6.03. The molecule has 1 aromatic rings. The topological polar surface area (TPSA) is 132 Å². The van der Waals surface area contributed by atoms with Crippen LogP contribution in [0.5, 0.6) is 0 Å². The van der Waals surface area contributed by atoms with Crippen LogP contribution in [-0.2, 0) is 9.84 Å². The van der Waals surface area contributed by atoms with Crippen LogP contribution in [0.2, 0.25) is 0 Å². The first-order valence-electron chi connectivity index (χ1n) is 7.84. The van der Waals surface area contributed by atoms with Crippen molar-refractivity contribution in [2.45, 2.75) is 49.2 Å². The van der Waals surface area contributed by atoms with Gasteiger partial charge in [-0.05, 0) is 49.4 Å². The molecule has 24 heavy (non-hydrogen) atoms. The summed E-state index contributed by atoms with van der Waals surface area (Å²) < 4.78 is 25.6. The molecule has 8 nitrogen and oxygen atoms in total. The Kier molecular flexibility index (Phi) is 8.71. The molecule has 1 aromatic carbocycles. The van der Waals surface area contributed by atoms with Crippen LogP contribution >= 0.6 is 0 Å². The summed E-state index contributed by atoms with van der Waals surface area (Å²) in [4.78, 5) is 5.67. The van der Waals surface area contributed by atoms with Crippen molar-refractivity contribution in [2.75, 3.05) is 13.1 Å². The number of sulfone groups is 1. The van der Waals surface area contributed by atoms with Crippen LogP contribution in [0, 0.1) is 6.92 Å². The lowest BCUT2D eigenvalue weighted by molar-refractivity contribution is 0.544. The van der Waals surface area contributed by atoms with E-state index in [9.17, 15) is 8.42 Å². The molecule has 1 unspecified atom stereocenters. The Morgan fingerprint density at radius 2 is 1.58 bits per heavy atom. The number of benzene rings is 1. The van der Waals surface area contributed by atoms with E-state index in [4.69, 9.17) is 11.1 Å². The van der Waals surface area contributed by atoms with Gasteiger partial charge in [0, 0.05) is 22.9 Å². The molecule has 0 aliphatic rings. The fraction of sp³-hybridized carbons (Fsp3) is 0.600. The van der Waals surface area contributed by atoms with Crippen molar-refractivity contribution in [2.24, 2.45) is 10.2 Å². The highest BCUT2D eigenvalue weighted by molar-refractivity contribution is 7.92. The molecule has 0 bridgehead atoms. The zero-order chi connectivity index (χ0) is 17.8. The number of hydrogen-bond acceptors (Lipinski definition) is 4. The first-order valence-corrected chi connectivity index (χ1v) is 9.39. The van der Waals surface area contributed by atoms with Crippen LogP contribution in [0.1, 0.15) is 37.7 Å². The van der Waals surface area contributed by atoms with Crippen molar-refractivity contribution in [3.8, 4) is 0 Å². The Balaban J connectivity index is 2.77. The van der Waals surface area contributed by atoms with Gasteiger partial charge in [0.25, 0.3) is 0 Å². The molecule has 0 amide bonds. The van der Waals surface area contributed by atoms with Gasteiger partial charge < -0.3 is 0 Å². The second-order valence-corrected chi connectivity index (χ2v) is 7.76. The Labute approximate surface area is 142 Å². The number of nitrogens with zero attached hydrogens (tertiary/aromatic N) is 6. The highest BCUT2D eigenvalue weighted by Crippen LogP contribution is 2.23. The Bertz CT molecular complexity index is 704. The van der Waals surface area contributed by atoms with Crippen molar-refractivity contribution in [1.29, 1.82) is 0 Å². The fourth-order valence-corrected chi connectivity index (χ4v) is 4.19. The van der Waals surface area contributed by atoms with Crippen LogP contribution in [-0.4, -0.2) is 26.8 Å². The number of hydrogen-bond donors (Lipinski definition) is 0. The van der Waals surface area contributed by atoms with Gasteiger partial charge in [-0.1, -0.05) is 40.8 Å². The van der Waals surface area contributed by atoms with E-state index in [1.807, 2.05) is 6.92 Å². The van der Waals surface area contributed by atoms with Crippen molar-refractivity contribution in [1.82, 2.24) is 0 Å². The van der Waals surface area contributed by atoms with Gasteiger partial charge in [-0.25, -0.2) is 8.42 Å². The SMILES string of the molecule is Cc1ccc(S(=O)(=O)C(CCCCCN=[N+]=[N-])CCN=[N+]=[N-])cc1. The highest BCUT2D eigenvalue weighted by Gasteiger charge is 2.26. The summed E-state index contributed by atoms with van der Waals surface area (Å²) >= 11 is 0. The van der Waals surface area contributed by atoms with Crippen molar-refractivity contribution >= 4 is 9.84 Å². The number of rotatable bonds is 11. The lowest BCUT2D eigenvalue weighted by Gasteiger charge is -2.17. The molecule has 1 atom stereocenters. The van der Waals surface area contributed by atoms with Gasteiger partial charge in [-0.3, -0.25) is 0 Å². The second-order valence-electron chi connectivity index (χ2n) is 5.53. The van der Waals surface area contributed by atoms with Gasteiger partial charge in [0.15, 0.2) is 9.84 Å². The van der Waals surface area contributed by atoms with E-state index in [1.54, 1.807) is 24.3 Å². The largest absolute Gasteiger partial charge is 0.223 e. The minimum atomic E-state index is -3.46. The first-order chi connectivity index (χ1) is 11.5. The molecule has 0 aliphatic heterocycles. The molecule has 9 heteroatoms. The van der Waals surface area contributed by atoms with Gasteiger partial charge in [0.1, 0.15) is 0 Å². The van der Waals surface area contributed by atoms with E-state index < -0.39 is 15.1 Å². The molecule has 0 heterocycles. The van der Waals surface area contributed by atoms with Crippen molar-refractivity contribution in [3.05, 3.63) is 50.7 Å². The summed E-state index contributed by atoms with van der Waals surface area (Å²) in [6, 6.07) is 6.79. The van der Waals surface area contributed by atoms with Crippen molar-refractivity contribution < 1.29 is 8.42 Å². The molecule has 0 aromatic heterocycles. The molecule has 0 spiro atoms. The molecule has 0 saturated carbocycles. The molecular weight excluding hydrogens is 328 g/mol. The van der Waals surface area contributed by atoms with E-state index in [-0.39, 0.29) is 6.54 Å². The maximum atomic E-state index is 12.8. The first kappa shape index (κ1) is 19.8. The lowest BCUT2D eigenvalue weighted by atomic mass is 10.1. The number of aryl methyl sites for hydroxylation is 1. The standard InChI is InChI=1S/C15H22N6O2S/c1-13-6-8-15(9-7-13)24(22,23)14(10-12-19-21-17)5-3-2-4-11-18-20-16/h6-9,14H,2-5,10-12H2,1H3. The summed E-state index contributed by atoms with van der Waals surface area (Å²) in [5, 5.41) is 6.34. The molecule has 0 radical (unpaired) electrons. The zero-order valence-electron chi connectivity index (χ0n) is 13.7. The quantitative estimate of drug-likeness (QED) is 0.247. The van der Waals surface area contributed by atoms with E-state index in [0.29, 0.717) is 30.7 Å². The maximum Gasteiger partial charge on any atom is 0.181 e. The monoisotopic (exact) mass is 350 g/mol. The third-order valence-electron chi connectivity index (χ3n) is 3.75. The average Bonchev–Trinajstić information content (AvgIpc) is 2.56. The van der Waals surface area contributed by atoms with Gasteiger partial charge in [-0.15, -0.1) is 0 Å². The minimum absolute atomic E-state index is 0.158. The summed E-state index contributed by atoms with van der Waals surface area (Å²) in [5.74, 6) is 0. The second kappa shape index (κ2) is 10.5. The molecule has 0 saturated heterocycles. The highest BCUT2D eigenvalue weighted by atomic mass is 32.2. The van der Waals surface area contributed by atoms with Gasteiger partial charge in [-0.2, -0.15) is 0 Å². The molecule has 0 N–H and O–H groups in total. The summed E-state index contributed by atoms with van der Waals surface area (Å²) in [6.45, 7) is 2.48. The predicted molar refractivity (Wildman–Crippen MR) is 93.3 cm³/mol. The van der Waals surface area contributed by atoms with Gasteiger partial charge in [0.05, 0.1) is 10.1 Å². The van der Waals surface area contributed by atoms with Crippen LogP contribution < -0.4 is 0 Å². The smallest absolute Gasteiger partial charge is 0.181 e. The van der Waals surface area contributed by atoms with Crippen LogP contribution in [0.15, 0.2) is 39.4 Å². The van der Waals surface area contributed by atoms with E-state index in [2.05, 4.69) is 20.1 Å². The Hall–Kier alpha value is -2.21. The fourth-order valence-electron chi connectivity index (χ4n) is 2.40. The average molecular weight is 350 g/mol. The molecule has 0 aliphatic carbocycles. The number of azide groups is 2. The normalized spacial score (nSPS) is 12.0. The summed E-state index contributed by atoms with van der Waals surface area (Å²) in [6.07, 6.45) is 3.04. The molecule has 130 valence electrons. The Morgan fingerprint density at radius 1 is 0.958 bits per heavy atom. The maximum absolute atomic E-state index is 12.8.